The average molecular weight is 249 g/mol. The van der Waals surface area contributed by atoms with Crippen molar-refractivity contribution in [3.05, 3.63) is 0 Å². The third-order valence-corrected chi connectivity index (χ3v) is 3.95. The summed E-state index contributed by atoms with van der Waals surface area (Å²) in [6, 6.07) is 0. The molecule has 1 saturated heterocycles. The molecule has 6 heteroatoms. The van der Waals surface area contributed by atoms with E-state index >= 15 is 0 Å². The topological polar surface area (TPSA) is 70.2 Å². The van der Waals surface area contributed by atoms with Gasteiger partial charge in [-0.25, -0.2) is 9.44 Å². The standard InChI is InChI=1S/C10H23N3O2S/c1-2-6-12-16(14,15)13-8-5-10-4-3-7-11-9-10/h10-13H,2-9H2,1H3. The summed E-state index contributed by atoms with van der Waals surface area (Å²) in [5.74, 6) is 0.614. The molecule has 0 amide bonds. The zero-order valence-corrected chi connectivity index (χ0v) is 10.8. The van der Waals surface area contributed by atoms with Crippen molar-refractivity contribution in [3.63, 3.8) is 0 Å². The summed E-state index contributed by atoms with van der Waals surface area (Å²) in [5.41, 5.74) is 0. The summed E-state index contributed by atoms with van der Waals surface area (Å²) in [7, 11) is -3.26. The second-order valence-corrected chi connectivity index (χ2v) is 5.88. The van der Waals surface area contributed by atoms with Crippen molar-refractivity contribution in [2.45, 2.75) is 32.6 Å². The van der Waals surface area contributed by atoms with Crippen molar-refractivity contribution in [3.8, 4) is 0 Å². The highest BCUT2D eigenvalue weighted by atomic mass is 32.2. The molecular weight excluding hydrogens is 226 g/mol. The molecule has 0 aromatic heterocycles. The highest BCUT2D eigenvalue weighted by Crippen LogP contribution is 2.12. The van der Waals surface area contributed by atoms with Gasteiger partial charge in [-0.05, 0) is 44.7 Å². The second kappa shape index (κ2) is 7.21. The van der Waals surface area contributed by atoms with Crippen LogP contribution in [0, 0.1) is 5.92 Å². The van der Waals surface area contributed by atoms with E-state index in [1.165, 1.54) is 12.8 Å². The Labute approximate surface area is 98.6 Å². The molecule has 0 saturated carbocycles. The molecule has 0 spiro atoms. The molecule has 0 aliphatic carbocycles. The second-order valence-electron chi connectivity index (χ2n) is 4.29. The van der Waals surface area contributed by atoms with Crippen molar-refractivity contribution < 1.29 is 8.42 Å². The summed E-state index contributed by atoms with van der Waals surface area (Å²) < 4.78 is 27.9. The highest BCUT2D eigenvalue weighted by Gasteiger charge is 2.14. The molecule has 1 aliphatic rings. The van der Waals surface area contributed by atoms with Crippen LogP contribution >= 0.6 is 0 Å². The molecule has 0 aromatic carbocycles. The zero-order valence-electron chi connectivity index (χ0n) is 9.96. The maximum absolute atomic E-state index is 11.4. The van der Waals surface area contributed by atoms with Gasteiger partial charge in [-0.15, -0.1) is 0 Å². The highest BCUT2D eigenvalue weighted by molar-refractivity contribution is 7.87. The summed E-state index contributed by atoms with van der Waals surface area (Å²) in [5, 5.41) is 3.32. The molecule has 0 aromatic rings. The first-order chi connectivity index (χ1) is 7.64. The van der Waals surface area contributed by atoms with Gasteiger partial charge >= 0.3 is 0 Å². The Morgan fingerprint density at radius 3 is 2.69 bits per heavy atom. The molecular formula is C10H23N3O2S. The predicted octanol–water partition coefficient (Wildman–Crippen LogP) is 0.210. The fraction of sp³-hybridized carbons (Fsp3) is 1.00. The predicted molar refractivity (Wildman–Crippen MR) is 65.4 cm³/mol. The Balaban J connectivity index is 2.13. The summed E-state index contributed by atoms with van der Waals surface area (Å²) in [4.78, 5) is 0. The van der Waals surface area contributed by atoms with E-state index in [2.05, 4.69) is 14.8 Å². The van der Waals surface area contributed by atoms with Gasteiger partial charge < -0.3 is 5.32 Å². The number of piperidine rings is 1. The van der Waals surface area contributed by atoms with Gasteiger partial charge in [-0.3, -0.25) is 0 Å². The third-order valence-electron chi connectivity index (χ3n) is 2.79. The molecule has 1 unspecified atom stereocenters. The molecule has 96 valence electrons. The van der Waals surface area contributed by atoms with E-state index in [4.69, 9.17) is 0 Å². The molecule has 5 nitrogen and oxygen atoms in total. The smallest absolute Gasteiger partial charge is 0.276 e. The lowest BCUT2D eigenvalue weighted by atomic mass is 9.96. The molecule has 3 N–H and O–H groups in total. The van der Waals surface area contributed by atoms with E-state index in [1.54, 1.807) is 0 Å². The minimum absolute atomic E-state index is 0.500. The number of rotatable bonds is 7. The van der Waals surface area contributed by atoms with Crippen LogP contribution in [0.15, 0.2) is 0 Å². The lowest BCUT2D eigenvalue weighted by molar-refractivity contribution is 0.358. The van der Waals surface area contributed by atoms with E-state index in [1.807, 2.05) is 6.92 Å². The van der Waals surface area contributed by atoms with Crippen molar-refractivity contribution in [2.75, 3.05) is 26.2 Å². The molecule has 1 atom stereocenters. The monoisotopic (exact) mass is 249 g/mol. The van der Waals surface area contributed by atoms with Crippen LogP contribution in [-0.2, 0) is 10.2 Å². The maximum Gasteiger partial charge on any atom is 0.276 e. The SMILES string of the molecule is CCCNS(=O)(=O)NCCC1CCCNC1. The zero-order chi connectivity index (χ0) is 11.9. The first kappa shape index (κ1) is 13.9. The van der Waals surface area contributed by atoms with Crippen molar-refractivity contribution in [1.82, 2.24) is 14.8 Å². The Bertz CT molecular complexity index is 274. The number of hydrogen-bond acceptors (Lipinski definition) is 3. The fourth-order valence-electron chi connectivity index (χ4n) is 1.86. The summed E-state index contributed by atoms with van der Waals surface area (Å²) in [6.45, 7) is 5.09. The number of hydrogen-bond donors (Lipinski definition) is 3. The van der Waals surface area contributed by atoms with Crippen LogP contribution in [0.4, 0.5) is 0 Å². The Kier molecular flexibility index (Phi) is 6.26. The number of nitrogens with one attached hydrogen (secondary N) is 3. The lowest BCUT2D eigenvalue weighted by Gasteiger charge is -2.22. The van der Waals surface area contributed by atoms with Gasteiger partial charge in [0.15, 0.2) is 0 Å². The minimum Gasteiger partial charge on any atom is -0.316 e. The van der Waals surface area contributed by atoms with Gasteiger partial charge in [-0.1, -0.05) is 6.92 Å². The molecule has 0 radical (unpaired) electrons. The van der Waals surface area contributed by atoms with Gasteiger partial charge in [0.25, 0.3) is 10.2 Å². The van der Waals surface area contributed by atoms with Gasteiger partial charge in [0.1, 0.15) is 0 Å². The van der Waals surface area contributed by atoms with E-state index in [-0.39, 0.29) is 0 Å². The van der Waals surface area contributed by atoms with Gasteiger partial charge in [0.2, 0.25) is 0 Å². The molecule has 1 heterocycles. The van der Waals surface area contributed by atoms with E-state index in [0.29, 0.717) is 19.0 Å². The van der Waals surface area contributed by atoms with Crippen LogP contribution in [0.3, 0.4) is 0 Å². The molecule has 16 heavy (non-hydrogen) atoms. The maximum atomic E-state index is 11.4. The Morgan fingerprint density at radius 2 is 2.06 bits per heavy atom. The Hall–Kier alpha value is -0.170. The quantitative estimate of drug-likeness (QED) is 0.604. The third kappa shape index (κ3) is 5.79. The molecule has 1 fully saturated rings. The fourth-order valence-corrected chi connectivity index (χ4v) is 2.82. The molecule has 0 bridgehead atoms. The van der Waals surface area contributed by atoms with E-state index in [9.17, 15) is 8.42 Å². The van der Waals surface area contributed by atoms with Crippen LogP contribution in [0.1, 0.15) is 32.6 Å². The van der Waals surface area contributed by atoms with Gasteiger partial charge in [0, 0.05) is 13.1 Å². The van der Waals surface area contributed by atoms with Crippen LogP contribution < -0.4 is 14.8 Å². The molecule has 1 aliphatic heterocycles. The van der Waals surface area contributed by atoms with Crippen LogP contribution in [0.2, 0.25) is 0 Å². The largest absolute Gasteiger partial charge is 0.316 e. The molecule has 1 rings (SSSR count). The van der Waals surface area contributed by atoms with Crippen LogP contribution in [-0.4, -0.2) is 34.6 Å². The van der Waals surface area contributed by atoms with Crippen LogP contribution in [0.25, 0.3) is 0 Å². The first-order valence-corrected chi connectivity index (χ1v) is 7.57. The normalized spacial score (nSPS) is 22.2. The van der Waals surface area contributed by atoms with E-state index in [0.717, 1.165) is 25.9 Å². The lowest BCUT2D eigenvalue weighted by Crippen LogP contribution is -2.39. The average Bonchev–Trinajstić information content (AvgIpc) is 2.28. The first-order valence-electron chi connectivity index (χ1n) is 6.09. The van der Waals surface area contributed by atoms with Crippen molar-refractivity contribution in [2.24, 2.45) is 5.92 Å². The minimum atomic E-state index is -3.26. The van der Waals surface area contributed by atoms with E-state index < -0.39 is 10.2 Å². The van der Waals surface area contributed by atoms with Crippen molar-refractivity contribution >= 4 is 10.2 Å². The van der Waals surface area contributed by atoms with Gasteiger partial charge in [-0.2, -0.15) is 8.42 Å². The van der Waals surface area contributed by atoms with Gasteiger partial charge in [0.05, 0.1) is 0 Å². The Morgan fingerprint density at radius 1 is 1.31 bits per heavy atom. The summed E-state index contributed by atoms with van der Waals surface area (Å²) in [6.07, 6.45) is 4.14. The summed E-state index contributed by atoms with van der Waals surface area (Å²) >= 11 is 0. The van der Waals surface area contributed by atoms with Crippen molar-refractivity contribution in [1.29, 1.82) is 0 Å². The van der Waals surface area contributed by atoms with Crippen LogP contribution in [0.5, 0.6) is 0 Å².